The summed E-state index contributed by atoms with van der Waals surface area (Å²) >= 11 is 5.93. The molecule has 116 valence electrons. The van der Waals surface area contributed by atoms with Crippen molar-refractivity contribution in [3.63, 3.8) is 0 Å². The lowest BCUT2D eigenvalue weighted by molar-refractivity contribution is 0.0726. The third kappa shape index (κ3) is 3.60. The minimum atomic E-state index is -0.0272. The summed E-state index contributed by atoms with van der Waals surface area (Å²) in [6.45, 7) is 4.15. The van der Waals surface area contributed by atoms with E-state index in [4.69, 9.17) is 17.3 Å². The van der Waals surface area contributed by atoms with Gasteiger partial charge in [0.15, 0.2) is 0 Å². The van der Waals surface area contributed by atoms with Gasteiger partial charge in [0.1, 0.15) is 0 Å². The maximum Gasteiger partial charge on any atom is 0.253 e. The van der Waals surface area contributed by atoms with Crippen LogP contribution < -0.4 is 5.73 Å². The molecule has 0 saturated heterocycles. The first kappa shape index (κ1) is 16.4. The van der Waals surface area contributed by atoms with Crippen LogP contribution in [-0.2, 0) is 0 Å². The first-order valence-electron chi connectivity index (χ1n) is 7.28. The van der Waals surface area contributed by atoms with Gasteiger partial charge in [0.2, 0.25) is 0 Å². The normalized spacial score (nSPS) is 13.5. The first-order valence-corrected chi connectivity index (χ1v) is 7.66. The number of hydrogen-bond acceptors (Lipinski definition) is 2. The molecule has 2 aromatic carbocycles. The number of rotatable bonds is 4. The van der Waals surface area contributed by atoms with Crippen molar-refractivity contribution < 1.29 is 4.79 Å². The fourth-order valence-electron chi connectivity index (χ4n) is 2.44. The number of likely N-dealkylation sites (N-methyl/N-ethyl adjacent to an activating group) is 1. The van der Waals surface area contributed by atoms with Crippen LogP contribution in [0.5, 0.6) is 0 Å². The summed E-state index contributed by atoms with van der Waals surface area (Å²) in [5.74, 6) is 0.174. The van der Waals surface area contributed by atoms with Crippen LogP contribution >= 0.6 is 11.6 Å². The number of carbonyl (C=O) groups excluding carboxylic acids is 1. The predicted molar refractivity (Wildman–Crippen MR) is 92.3 cm³/mol. The summed E-state index contributed by atoms with van der Waals surface area (Å²) in [4.78, 5) is 14.3. The Kier molecular flexibility index (Phi) is 5.09. The highest BCUT2D eigenvalue weighted by Crippen LogP contribution is 2.25. The quantitative estimate of drug-likeness (QED) is 0.860. The zero-order chi connectivity index (χ0) is 16.3. The van der Waals surface area contributed by atoms with E-state index in [1.807, 2.05) is 38.2 Å². The van der Waals surface area contributed by atoms with Crippen molar-refractivity contribution in [2.45, 2.75) is 25.8 Å². The number of nitrogen functional groups attached to an aromatic ring is 1. The number of hydrogen-bond donors (Lipinski definition) is 1. The molecule has 0 bridgehead atoms. The van der Waals surface area contributed by atoms with Gasteiger partial charge in [-0.25, -0.2) is 0 Å². The molecule has 22 heavy (non-hydrogen) atoms. The van der Waals surface area contributed by atoms with Crippen LogP contribution in [-0.4, -0.2) is 23.9 Å². The molecule has 0 spiro atoms. The number of halogens is 1. The van der Waals surface area contributed by atoms with E-state index in [0.29, 0.717) is 16.3 Å². The highest BCUT2D eigenvalue weighted by molar-refractivity contribution is 6.30. The van der Waals surface area contributed by atoms with E-state index < -0.39 is 0 Å². The Morgan fingerprint density at radius 1 is 1.14 bits per heavy atom. The van der Waals surface area contributed by atoms with Gasteiger partial charge in [0, 0.05) is 35.3 Å². The van der Waals surface area contributed by atoms with Crippen molar-refractivity contribution in [3.8, 4) is 0 Å². The maximum atomic E-state index is 12.6. The van der Waals surface area contributed by atoms with E-state index in [1.54, 1.807) is 29.2 Å². The first-order chi connectivity index (χ1) is 10.4. The van der Waals surface area contributed by atoms with Gasteiger partial charge in [-0.05, 0) is 42.8 Å². The van der Waals surface area contributed by atoms with Gasteiger partial charge in [-0.1, -0.05) is 36.7 Å². The van der Waals surface area contributed by atoms with Crippen LogP contribution in [0, 0.1) is 0 Å². The molecule has 0 aromatic heterocycles. The zero-order valence-electron chi connectivity index (χ0n) is 13.1. The SMILES string of the molecule is CC(c1ccc(Cl)cc1)C(C)N(C)C(=O)c1cccc(N)c1. The summed E-state index contributed by atoms with van der Waals surface area (Å²) < 4.78 is 0. The Labute approximate surface area is 136 Å². The van der Waals surface area contributed by atoms with Gasteiger partial charge < -0.3 is 10.6 Å². The highest BCUT2D eigenvalue weighted by Gasteiger charge is 2.23. The van der Waals surface area contributed by atoms with Crippen molar-refractivity contribution in [1.29, 1.82) is 0 Å². The fraction of sp³-hybridized carbons (Fsp3) is 0.278. The second-order valence-electron chi connectivity index (χ2n) is 5.62. The van der Waals surface area contributed by atoms with Gasteiger partial charge in [-0.3, -0.25) is 4.79 Å². The van der Waals surface area contributed by atoms with Crippen LogP contribution in [0.15, 0.2) is 48.5 Å². The number of amides is 1. The molecule has 2 rings (SSSR count). The Hall–Kier alpha value is -2.00. The molecule has 2 aromatic rings. The lowest BCUT2D eigenvalue weighted by Gasteiger charge is -2.30. The van der Waals surface area contributed by atoms with Crippen molar-refractivity contribution in [2.24, 2.45) is 0 Å². The largest absolute Gasteiger partial charge is 0.399 e. The average molecular weight is 317 g/mol. The minimum absolute atomic E-state index is 0.0272. The Morgan fingerprint density at radius 2 is 1.77 bits per heavy atom. The van der Waals surface area contributed by atoms with Crippen LogP contribution in [0.1, 0.15) is 35.7 Å². The standard InChI is InChI=1S/C18H21ClN2O/c1-12(14-7-9-16(19)10-8-14)13(2)21(3)18(22)15-5-4-6-17(20)11-15/h4-13H,20H2,1-3H3. The number of nitrogens with zero attached hydrogens (tertiary/aromatic N) is 1. The van der Waals surface area contributed by atoms with Gasteiger partial charge in [0.25, 0.3) is 5.91 Å². The molecule has 0 aliphatic rings. The Morgan fingerprint density at radius 3 is 2.36 bits per heavy atom. The maximum absolute atomic E-state index is 12.6. The van der Waals surface area contributed by atoms with Crippen LogP contribution in [0.2, 0.25) is 5.02 Å². The third-order valence-corrected chi connectivity index (χ3v) is 4.44. The zero-order valence-corrected chi connectivity index (χ0v) is 13.8. The monoisotopic (exact) mass is 316 g/mol. The molecule has 2 atom stereocenters. The van der Waals surface area contributed by atoms with Crippen LogP contribution in [0.4, 0.5) is 5.69 Å². The molecule has 4 heteroatoms. The van der Waals surface area contributed by atoms with E-state index in [1.165, 1.54) is 0 Å². The third-order valence-electron chi connectivity index (χ3n) is 4.18. The molecule has 0 radical (unpaired) electrons. The van der Waals surface area contributed by atoms with E-state index >= 15 is 0 Å². The molecular weight excluding hydrogens is 296 g/mol. The summed E-state index contributed by atoms with van der Waals surface area (Å²) in [6.07, 6.45) is 0. The molecule has 1 amide bonds. The van der Waals surface area contributed by atoms with Crippen LogP contribution in [0.3, 0.4) is 0 Å². The minimum Gasteiger partial charge on any atom is -0.399 e. The molecule has 0 aliphatic carbocycles. The highest BCUT2D eigenvalue weighted by atomic mass is 35.5. The second-order valence-corrected chi connectivity index (χ2v) is 6.06. The molecule has 0 saturated carbocycles. The molecule has 3 nitrogen and oxygen atoms in total. The Bertz CT molecular complexity index is 654. The Balaban J connectivity index is 2.15. The molecule has 0 heterocycles. The van der Waals surface area contributed by atoms with Gasteiger partial charge in [-0.2, -0.15) is 0 Å². The van der Waals surface area contributed by atoms with Crippen molar-refractivity contribution in [2.75, 3.05) is 12.8 Å². The van der Waals surface area contributed by atoms with Gasteiger partial charge in [-0.15, -0.1) is 0 Å². The van der Waals surface area contributed by atoms with Gasteiger partial charge in [0.05, 0.1) is 0 Å². The predicted octanol–water partition coefficient (Wildman–Crippen LogP) is 4.19. The fourth-order valence-corrected chi connectivity index (χ4v) is 2.57. The number of benzene rings is 2. The molecule has 2 N–H and O–H groups in total. The topological polar surface area (TPSA) is 46.3 Å². The average Bonchev–Trinajstić information content (AvgIpc) is 2.52. The van der Waals surface area contributed by atoms with E-state index in [9.17, 15) is 4.79 Å². The number of nitrogens with two attached hydrogens (primary N) is 1. The van der Waals surface area contributed by atoms with E-state index in [2.05, 4.69) is 6.92 Å². The van der Waals surface area contributed by atoms with E-state index in [-0.39, 0.29) is 17.9 Å². The summed E-state index contributed by atoms with van der Waals surface area (Å²) in [6, 6.07) is 14.9. The number of anilines is 1. The van der Waals surface area contributed by atoms with Crippen molar-refractivity contribution in [1.82, 2.24) is 4.90 Å². The lowest BCUT2D eigenvalue weighted by Crippen LogP contribution is -2.38. The summed E-state index contributed by atoms with van der Waals surface area (Å²) in [7, 11) is 1.82. The molecule has 2 unspecified atom stereocenters. The smallest absolute Gasteiger partial charge is 0.253 e. The molecule has 0 fully saturated rings. The van der Waals surface area contributed by atoms with Crippen LogP contribution in [0.25, 0.3) is 0 Å². The van der Waals surface area contributed by atoms with Crippen molar-refractivity contribution in [3.05, 3.63) is 64.7 Å². The van der Waals surface area contributed by atoms with Crippen molar-refractivity contribution >= 4 is 23.2 Å². The molecular formula is C18H21ClN2O. The second kappa shape index (κ2) is 6.84. The van der Waals surface area contributed by atoms with E-state index in [0.717, 1.165) is 5.56 Å². The lowest BCUT2D eigenvalue weighted by atomic mass is 9.93. The summed E-state index contributed by atoms with van der Waals surface area (Å²) in [5.41, 5.74) is 8.12. The number of carbonyl (C=O) groups is 1. The molecule has 0 aliphatic heterocycles. The summed E-state index contributed by atoms with van der Waals surface area (Å²) in [5, 5.41) is 0.716. The van der Waals surface area contributed by atoms with Gasteiger partial charge >= 0.3 is 0 Å².